The molecule has 5 heavy (non-hydrogen) atoms. The average molecular weight is 203 g/mol. The molecule has 0 aliphatic carbocycles. The Kier molecular flexibility index (Phi) is 171. The Balaban J connectivity index is -0.0000000133. The molecule has 0 aliphatic heterocycles. The van der Waals surface area contributed by atoms with E-state index >= 15 is 0 Å². The maximum absolute atomic E-state index is 7.25. The van der Waals surface area contributed by atoms with Gasteiger partial charge in [-0.1, -0.05) is 0 Å². The first kappa shape index (κ1) is 16.1. The normalized spacial score (nSPS) is 2.40. The van der Waals surface area contributed by atoms with Crippen LogP contribution in [0.5, 0.6) is 0 Å². The second kappa shape index (κ2) is 52.9. The van der Waals surface area contributed by atoms with Crippen molar-refractivity contribution in [2.45, 2.75) is 0 Å². The summed E-state index contributed by atoms with van der Waals surface area (Å²) in [4.78, 5) is 0. The quantitative estimate of drug-likeness (QED) is 0.254. The molecular formula is H2BaO4. The van der Waals surface area contributed by atoms with Crippen molar-refractivity contribution < 1.29 is 21.0 Å². The molecule has 0 amide bonds. The first-order valence-corrected chi connectivity index (χ1v) is 0.365. The van der Waals surface area contributed by atoms with E-state index in [0.717, 1.165) is 0 Å². The van der Waals surface area contributed by atoms with Gasteiger partial charge in [0.1, 0.15) is 0 Å². The first-order chi connectivity index (χ1) is 2.00. The molecule has 0 aromatic rings. The summed E-state index contributed by atoms with van der Waals surface area (Å²) in [5, 5.41) is 26.0. The molecule has 28 valence electrons. The zero-order valence-corrected chi connectivity index (χ0v) is 6.86. The van der Waals surface area contributed by atoms with Gasteiger partial charge in [0.25, 0.3) is 0 Å². The molecule has 0 aromatic carbocycles. The van der Waals surface area contributed by atoms with Crippen LogP contribution in [0, 0.1) is 0 Å². The van der Waals surface area contributed by atoms with Crippen molar-refractivity contribution in [2.75, 3.05) is 0 Å². The molecule has 0 fully saturated rings. The van der Waals surface area contributed by atoms with Crippen LogP contribution in [0.3, 0.4) is 0 Å². The Bertz CT molecular complexity index is 3.61. The predicted molar refractivity (Wildman–Crippen MR) is 11.0 cm³/mol. The van der Waals surface area contributed by atoms with Crippen LogP contribution in [0.25, 0.3) is 0 Å². The number of rotatable bonds is 0. The molecule has 0 saturated heterocycles. The van der Waals surface area contributed by atoms with Crippen molar-refractivity contribution >= 4 is 48.9 Å². The van der Waals surface area contributed by atoms with Gasteiger partial charge in [-0.2, -0.15) is 0 Å². The van der Waals surface area contributed by atoms with E-state index in [1.54, 1.807) is 0 Å². The molecule has 0 heterocycles. The van der Waals surface area contributed by atoms with E-state index in [9.17, 15) is 0 Å². The summed E-state index contributed by atoms with van der Waals surface area (Å²) < 4.78 is 0. The van der Waals surface area contributed by atoms with Crippen LogP contribution in [0.2, 0.25) is 0 Å². The van der Waals surface area contributed by atoms with Crippen molar-refractivity contribution in [1.82, 2.24) is 0 Å². The molecule has 4 nitrogen and oxygen atoms in total. The third kappa shape index (κ3) is 31.6. The Morgan fingerprint density at radius 3 is 0.800 bits per heavy atom. The minimum Gasteiger partial charge on any atom is -0.727 e. The molecule has 5 heteroatoms. The molecule has 0 spiro atoms. The summed E-state index contributed by atoms with van der Waals surface area (Å²) in [5.74, 6) is 0. The van der Waals surface area contributed by atoms with Gasteiger partial charge >= 0.3 is 48.9 Å². The van der Waals surface area contributed by atoms with Crippen LogP contribution in [-0.4, -0.2) is 59.4 Å². The maximum Gasteiger partial charge on any atom is 2.00 e. The van der Waals surface area contributed by atoms with E-state index in [0.29, 0.717) is 0 Å². The zero-order valence-electron chi connectivity index (χ0n) is 2.42. The van der Waals surface area contributed by atoms with Gasteiger partial charge in [-0.05, 0) is 0 Å². The van der Waals surface area contributed by atoms with Crippen molar-refractivity contribution in [1.29, 1.82) is 0 Å². The summed E-state index contributed by atoms with van der Waals surface area (Å²) in [6.45, 7) is 0. The third-order valence-corrected chi connectivity index (χ3v) is 0. The van der Waals surface area contributed by atoms with Gasteiger partial charge in [-0.15, -0.1) is 0 Å². The van der Waals surface area contributed by atoms with Gasteiger partial charge < -0.3 is 21.0 Å². The molecule has 2 N–H and O–H groups in total. The van der Waals surface area contributed by atoms with E-state index in [4.69, 9.17) is 21.0 Å². The summed E-state index contributed by atoms with van der Waals surface area (Å²) in [6.07, 6.45) is 0. The smallest absolute Gasteiger partial charge is 0.727 e. The van der Waals surface area contributed by atoms with E-state index in [-0.39, 0.29) is 48.9 Å². The van der Waals surface area contributed by atoms with Gasteiger partial charge in [-0.25, -0.2) is 0 Å². The second-order valence-corrected chi connectivity index (χ2v) is 0. The van der Waals surface area contributed by atoms with Gasteiger partial charge in [-0.3, -0.25) is 0 Å². The Labute approximate surface area is 69.0 Å². The monoisotopic (exact) mass is 204 g/mol. The molecule has 0 aliphatic rings. The van der Waals surface area contributed by atoms with Crippen LogP contribution in [-0.2, 0) is 0 Å². The molecule has 0 aromatic heterocycles. The largest absolute Gasteiger partial charge is 2.00 e. The summed E-state index contributed by atoms with van der Waals surface area (Å²) in [7, 11) is 0. The van der Waals surface area contributed by atoms with Gasteiger partial charge in [0.2, 0.25) is 0 Å². The molecule has 0 radical (unpaired) electrons. The third-order valence-electron chi connectivity index (χ3n) is 0. The van der Waals surface area contributed by atoms with E-state index < -0.39 is 0 Å². The fourth-order valence-corrected chi connectivity index (χ4v) is 0. The standard InChI is InChI=1S/Ba.2H2O2/c;2*1-2/h;2*1-2H/q+2;;/p-2. The van der Waals surface area contributed by atoms with Crippen LogP contribution in [0.4, 0.5) is 0 Å². The summed E-state index contributed by atoms with van der Waals surface area (Å²) >= 11 is 0. The fraction of sp³-hybridized carbons (Fsp3) is 0. The number of hydrogen-bond acceptors (Lipinski definition) is 4. The number of hydrogen-bond donors (Lipinski definition) is 2. The van der Waals surface area contributed by atoms with Crippen molar-refractivity contribution in [3.63, 3.8) is 0 Å². The van der Waals surface area contributed by atoms with Crippen LogP contribution < -0.4 is 10.5 Å². The van der Waals surface area contributed by atoms with E-state index in [1.165, 1.54) is 0 Å². The predicted octanol–water partition coefficient (Wildman–Crippen LogP) is -2.74. The minimum atomic E-state index is 0. The Hall–Kier alpha value is 1.41. The molecule has 0 atom stereocenters. The molecule has 0 rings (SSSR count). The SMILES string of the molecule is [Ba+2].[O-]O.[O-]O. The minimum absolute atomic E-state index is 0. The Morgan fingerprint density at radius 2 is 0.800 bits per heavy atom. The summed E-state index contributed by atoms with van der Waals surface area (Å²) in [6, 6.07) is 0. The molecule has 0 saturated carbocycles. The van der Waals surface area contributed by atoms with Crippen molar-refractivity contribution in [3.8, 4) is 0 Å². The fourth-order valence-electron chi connectivity index (χ4n) is 0. The second-order valence-electron chi connectivity index (χ2n) is 0. The average Bonchev–Trinajstić information content (AvgIpc) is 1.50. The van der Waals surface area contributed by atoms with Gasteiger partial charge in [0.15, 0.2) is 0 Å². The van der Waals surface area contributed by atoms with E-state index in [1.807, 2.05) is 0 Å². The first-order valence-electron chi connectivity index (χ1n) is 0.365. The van der Waals surface area contributed by atoms with Crippen LogP contribution in [0.15, 0.2) is 0 Å². The molecule has 0 unspecified atom stereocenters. The van der Waals surface area contributed by atoms with Crippen LogP contribution in [0.1, 0.15) is 0 Å². The zero-order chi connectivity index (χ0) is 4.00. The molecule has 0 bridgehead atoms. The van der Waals surface area contributed by atoms with Gasteiger partial charge in [0.05, 0.1) is 0 Å². The van der Waals surface area contributed by atoms with Gasteiger partial charge in [0, 0.05) is 0 Å². The summed E-state index contributed by atoms with van der Waals surface area (Å²) in [5.41, 5.74) is 0. The molecular weight excluding hydrogens is 201 g/mol. The van der Waals surface area contributed by atoms with E-state index in [2.05, 4.69) is 0 Å². The van der Waals surface area contributed by atoms with Crippen molar-refractivity contribution in [2.24, 2.45) is 0 Å². The van der Waals surface area contributed by atoms with Crippen molar-refractivity contribution in [3.05, 3.63) is 0 Å². The topological polar surface area (TPSA) is 86.6 Å². The maximum atomic E-state index is 7.25. The van der Waals surface area contributed by atoms with Crippen LogP contribution >= 0.6 is 0 Å². The Morgan fingerprint density at radius 1 is 0.800 bits per heavy atom.